The van der Waals surface area contributed by atoms with Crippen molar-refractivity contribution in [1.29, 1.82) is 0 Å². The van der Waals surface area contributed by atoms with Crippen molar-refractivity contribution in [3.63, 3.8) is 0 Å². The van der Waals surface area contributed by atoms with Gasteiger partial charge in [0.05, 0.1) is 0 Å². The van der Waals surface area contributed by atoms with Gasteiger partial charge in [-0.15, -0.1) is 11.3 Å². The summed E-state index contributed by atoms with van der Waals surface area (Å²) in [6, 6.07) is 4.83. The first-order valence-electron chi connectivity index (χ1n) is 4.82. The van der Waals surface area contributed by atoms with Crippen LogP contribution in [0.15, 0.2) is 12.1 Å². The lowest BCUT2D eigenvalue weighted by atomic mass is 10.2. The smallest absolute Gasteiger partial charge is 0.0349 e. The van der Waals surface area contributed by atoms with E-state index in [4.69, 9.17) is 5.84 Å². The SMILES string of the molecule is CCc1ccc(CC(CSC)NN)s1. The summed E-state index contributed by atoms with van der Waals surface area (Å²) in [7, 11) is 0. The molecule has 0 aliphatic heterocycles. The molecular weight excluding hydrogens is 212 g/mol. The standard InChI is InChI=1S/C10H18N2S2/c1-3-9-4-5-10(14-9)6-8(12-11)7-13-2/h4-5,8,12H,3,6-7,11H2,1-2H3. The van der Waals surface area contributed by atoms with Crippen molar-refractivity contribution < 1.29 is 0 Å². The summed E-state index contributed by atoms with van der Waals surface area (Å²) >= 11 is 3.73. The van der Waals surface area contributed by atoms with Gasteiger partial charge in [-0.25, -0.2) is 0 Å². The van der Waals surface area contributed by atoms with Crippen LogP contribution < -0.4 is 11.3 Å². The summed E-state index contributed by atoms with van der Waals surface area (Å²) in [6.07, 6.45) is 4.28. The second-order valence-electron chi connectivity index (χ2n) is 3.24. The fraction of sp³-hybridized carbons (Fsp3) is 0.600. The molecule has 0 amide bonds. The van der Waals surface area contributed by atoms with Crippen LogP contribution in [0.5, 0.6) is 0 Å². The first-order valence-corrected chi connectivity index (χ1v) is 7.03. The zero-order chi connectivity index (χ0) is 10.4. The average molecular weight is 230 g/mol. The molecule has 0 aliphatic rings. The van der Waals surface area contributed by atoms with E-state index >= 15 is 0 Å². The second kappa shape index (κ2) is 6.45. The third-order valence-electron chi connectivity index (χ3n) is 2.12. The Morgan fingerprint density at radius 1 is 1.50 bits per heavy atom. The van der Waals surface area contributed by atoms with E-state index in [2.05, 4.69) is 30.7 Å². The van der Waals surface area contributed by atoms with Gasteiger partial charge in [0.15, 0.2) is 0 Å². The lowest BCUT2D eigenvalue weighted by Crippen LogP contribution is -2.38. The van der Waals surface area contributed by atoms with Crippen molar-refractivity contribution in [2.75, 3.05) is 12.0 Å². The van der Waals surface area contributed by atoms with Gasteiger partial charge in [0.1, 0.15) is 0 Å². The molecule has 0 saturated heterocycles. The Morgan fingerprint density at radius 2 is 2.21 bits per heavy atom. The Kier molecular flexibility index (Phi) is 5.55. The predicted molar refractivity (Wildman–Crippen MR) is 66.9 cm³/mol. The van der Waals surface area contributed by atoms with Crippen LogP contribution >= 0.6 is 23.1 Å². The first kappa shape index (κ1) is 12.0. The maximum atomic E-state index is 5.49. The molecule has 2 nitrogen and oxygen atoms in total. The summed E-state index contributed by atoms with van der Waals surface area (Å²) in [6.45, 7) is 2.19. The molecule has 3 N–H and O–H groups in total. The zero-order valence-corrected chi connectivity index (χ0v) is 10.4. The molecule has 14 heavy (non-hydrogen) atoms. The number of thiophene rings is 1. The normalized spacial score (nSPS) is 13.1. The van der Waals surface area contributed by atoms with Gasteiger partial charge >= 0.3 is 0 Å². The molecule has 0 aliphatic carbocycles. The van der Waals surface area contributed by atoms with Crippen molar-refractivity contribution in [3.8, 4) is 0 Å². The Hall–Kier alpha value is -0.0300. The van der Waals surface area contributed by atoms with Gasteiger partial charge in [0.25, 0.3) is 0 Å². The summed E-state index contributed by atoms with van der Waals surface area (Å²) in [5, 5.41) is 0. The maximum Gasteiger partial charge on any atom is 0.0349 e. The quantitative estimate of drug-likeness (QED) is 0.580. The maximum absolute atomic E-state index is 5.49. The van der Waals surface area contributed by atoms with Crippen molar-refractivity contribution in [2.24, 2.45) is 5.84 Å². The molecule has 1 heterocycles. The van der Waals surface area contributed by atoms with Crippen LogP contribution in [0.3, 0.4) is 0 Å². The summed E-state index contributed by atoms with van der Waals surface area (Å²) in [5.41, 5.74) is 2.86. The molecule has 0 spiro atoms. The van der Waals surface area contributed by atoms with E-state index in [1.54, 1.807) is 0 Å². The molecule has 1 unspecified atom stereocenters. The van der Waals surface area contributed by atoms with Crippen LogP contribution in [0.1, 0.15) is 16.7 Å². The van der Waals surface area contributed by atoms with Crippen LogP contribution in [0.25, 0.3) is 0 Å². The van der Waals surface area contributed by atoms with Crippen LogP contribution in [-0.2, 0) is 12.8 Å². The van der Waals surface area contributed by atoms with Gasteiger partial charge < -0.3 is 0 Å². The highest BCUT2D eigenvalue weighted by molar-refractivity contribution is 7.98. The van der Waals surface area contributed by atoms with Crippen molar-refractivity contribution >= 4 is 23.1 Å². The Bertz CT molecular complexity index is 260. The lowest BCUT2D eigenvalue weighted by Gasteiger charge is -2.12. The molecule has 1 rings (SSSR count). The number of thioether (sulfide) groups is 1. The lowest BCUT2D eigenvalue weighted by molar-refractivity contribution is 0.579. The third-order valence-corrected chi connectivity index (χ3v) is 4.10. The van der Waals surface area contributed by atoms with Crippen LogP contribution in [0.4, 0.5) is 0 Å². The van der Waals surface area contributed by atoms with Gasteiger partial charge in [-0.05, 0) is 31.2 Å². The predicted octanol–water partition coefficient (Wildman–Crippen LogP) is 2.05. The molecular formula is C10H18N2S2. The van der Waals surface area contributed by atoms with Gasteiger partial charge in [-0.1, -0.05) is 6.92 Å². The van der Waals surface area contributed by atoms with Crippen LogP contribution in [-0.4, -0.2) is 18.1 Å². The van der Waals surface area contributed by atoms with E-state index in [0.717, 1.165) is 18.6 Å². The molecule has 4 heteroatoms. The summed E-state index contributed by atoms with van der Waals surface area (Å²) < 4.78 is 0. The number of rotatable bonds is 6. The Labute approximate surface area is 94.2 Å². The van der Waals surface area contributed by atoms with E-state index in [0.29, 0.717) is 6.04 Å². The molecule has 80 valence electrons. The van der Waals surface area contributed by atoms with Crippen molar-refractivity contribution in [2.45, 2.75) is 25.8 Å². The molecule has 1 aromatic rings. The number of hydrogen-bond donors (Lipinski definition) is 2. The highest BCUT2D eigenvalue weighted by atomic mass is 32.2. The van der Waals surface area contributed by atoms with E-state index in [-0.39, 0.29) is 0 Å². The zero-order valence-electron chi connectivity index (χ0n) is 8.75. The molecule has 0 fully saturated rings. The third kappa shape index (κ3) is 3.61. The molecule has 1 atom stereocenters. The summed E-state index contributed by atoms with van der Waals surface area (Å²) in [5.74, 6) is 6.55. The summed E-state index contributed by atoms with van der Waals surface area (Å²) in [4.78, 5) is 2.89. The van der Waals surface area contributed by atoms with E-state index in [1.807, 2.05) is 23.1 Å². The highest BCUT2D eigenvalue weighted by Gasteiger charge is 2.08. The monoisotopic (exact) mass is 230 g/mol. The van der Waals surface area contributed by atoms with Gasteiger partial charge in [0.2, 0.25) is 0 Å². The van der Waals surface area contributed by atoms with Crippen molar-refractivity contribution in [3.05, 3.63) is 21.9 Å². The number of nitrogens with one attached hydrogen (secondary N) is 1. The fourth-order valence-corrected chi connectivity index (χ4v) is 2.99. The number of hydrazine groups is 1. The van der Waals surface area contributed by atoms with E-state index < -0.39 is 0 Å². The molecule has 0 bridgehead atoms. The first-order chi connectivity index (χ1) is 6.80. The second-order valence-corrected chi connectivity index (χ2v) is 5.41. The van der Waals surface area contributed by atoms with E-state index in [1.165, 1.54) is 9.75 Å². The van der Waals surface area contributed by atoms with Gasteiger partial charge in [0, 0.05) is 21.5 Å². The molecule has 0 aromatic carbocycles. The van der Waals surface area contributed by atoms with Gasteiger partial charge in [-0.2, -0.15) is 11.8 Å². The minimum absolute atomic E-state index is 0.397. The average Bonchev–Trinajstić information content (AvgIpc) is 2.65. The Balaban J connectivity index is 2.48. The Morgan fingerprint density at radius 3 is 2.71 bits per heavy atom. The van der Waals surface area contributed by atoms with Crippen molar-refractivity contribution in [1.82, 2.24) is 5.43 Å². The molecule has 0 saturated carbocycles. The molecule has 1 aromatic heterocycles. The fourth-order valence-electron chi connectivity index (χ4n) is 1.33. The van der Waals surface area contributed by atoms with Gasteiger partial charge in [-0.3, -0.25) is 11.3 Å². The topological polar surface area (TPSA) is 38.0 Å². The minimum Gasteiger partial charge on any atom is -0.271 e. The number of nitrogens with two attached hydrogens (primary N) is 1. The molecule has 0 radical (unpaired) electrons. The number of aryl methyl sites for hydroxylation is 1. The van der Waals surface area contributed by atoms with Crippen LogP contribution in [0, 0.1) is 0 Å². The minimum atomic E-state index is 0.397. The largest absolute Gasteiger partial charge is 0.271 e. The van der Waals surface area contributed by atoms with Crippen LogP contribution in [0.2, 0.25) is 0 Å². The highest BCUT2D eigenvalue weighted by Crippen LogP contribution is 2.19. The van der Waals surface area contributed by atoms with E-state index in [9.17, 15) is 0 Å². The number of hydrogen-bond acceptors (Lipinski definition) is 4.